The number of halogens is 1. The smallest absolute Gasteiger partial charge is 0.300 e. The van der Waals surface area contributed by atoms with Crippen molar-refractivity contribution in [3.05, 3.63) is 93.8 Å². The Morgan fingerprint density at radius 3 is 2.54 bits per heavy atom. The normalized spacial score (nSPS) is 17.3. The number of hydrogen-bond donors (Lipinski definition) is 1. The number of benzene rings is 2. The molecular formula is C28H27ClN2O4. The highest BCUT2D eigenvalue weighted by molar-refractivity contribution is 6.52. The molecule has 3 aromatic rings. The third-order valence-electron chi connectivity index (χ3n) is 5.93. The Labute approximate surface area is 209 Å². The van der Waals surface area contributed by atoms with Gasteiger partial charge in [-0.3, -0.25) is 19.5 Å². The molecule has 7 heteroatoms. The zero-order valence-electron chi connectivity index (χ0n) is 20.1. The van der Waals surface area contributed by atoms with Crippen LogP contribution < -0.4 is 9.64 Å². The van der Waals surface area contributed by atoms with Gasteiger partial charge in [0.2, 0.25) is 0 Å². The molecule has 4 rings (SSSR count). The Bertz CT molecular complexity index is 1320. The molecule has 1 aromatic heterocycles. The number of Topliss-reactive ketones (excluding diaryl/α,β-unsaturated/α-hetero) is 1. The van der Waals surface area contributed by atoms with Crippen LogP contribution in [-0.2, 0) is 9.59 Å². The van der Waals surface area contributed by atoms with Crippen LogP contribution >= 0.6 is 11.6 Å². The average Bonchev–Trinajstić information content (AvgIpc) is 3.10. The monoisotopic (exact) mass is 490 g/mol. The summed E-state index contributed by atoms with van der Waals surface area (Å²) in [6.45, 7) is 8.35. The molecular weight excluding hydrogens is 464 g/mol. The van der Waals surface area contributed by atoms with E-state index < -0.39 is 17.7 Å². The van der Waals surface area contributed by atoms with Crippen molar-refractivity contribution >= 4 is 34.7 Å². The highest BCUT2D eigenvalue weighted by Crippen LogP contribution is 2.43. The summed E-state index contributed by atoms with van der Waals surface area (Å²) >= 11 is 6.33. The van der Waals surface area contributed by atoms with Gasteiger partial charge in [0.1, 0.15) is 17.6 Å². The number of ether oxygens (including phenoxy) is 1. The fourth-order valence-corrected chi connectivity index (χ4v) is 4.30. The number of anilines is 1. The summed E-state index contributed by atoms with van der Waals surface area (Å²) in [7, 11) is 0. The molecule has 0 spiro atoms. The molecule has 180 valence electrons. The minimum Gasteiger partial charge on any atom is -0.507 e. The molecule has 0 bridgehead atoms. The third-order valence-corrected chi connectivity index (χ3v) is 6.34. The molecule has 6 nitrogen and oxygen atoms in total. The number of aliphatic hydroxyl groups excluding tert-OH is 1. The number of carbonyl (C=O) groups is 2. The van der Waals surface area contributed by atoms with E-state index in [1.165, 1.54) is 4.90 Å². The third kappa shape index (κ3) is 4.66. The topological polar surface area (TPSA) is 79.7 Å². The van der Waals surface area contributed by atoms with Gasteiger partial charge in [-0.1, -0.05) is 37.6 Å². The highest BCUT2D eigenvalue weighted by Gasteiger charge is 2.48. The summed E-state index contributed by atoms with van der Waals surface area (Å²) < 4.78 is 5.84. The van der Waals surface area contributed by atoms with Gasteiger partial charge in [-0.25, -0.2) is 0 Å². The molecule has 0 aliphatic carbocycles. The highest BCUT2D eigenvalue weighted by atomic mass is 35.5. The Balaban J connectivity index is 1.87. The lowest BCUT2D eigenvalue weighted by atomic mass is 9.97. The lowest BCUT2D eigenvalue weighted by Gasteiger charge is -2.26. The van der Waals surface area contributed by atoms with E-state index in [2.05, 4.69) is 18.8 Å². The van der Waals surface area contributed by atoms with E-state index >= 15 is 0 Å². The van der Waals surface area contributed by atoms with Crippen LogP contribution in [0.3, 0.4) is 0 Å². The molecule has 1 amide bonds. The number of aryl methyl sites for hydroxylation is 1. The molecule has 1 unspecified atom stereocenters. The summed E-state index contributed by atoms with van der Waals surface area (Å²) in [5.74, 6) is -0.727. The largest absolute Gasteiger partial charge is 0.507 e. The molecule has 1 fully saturated rings. The first-order valence-electron chi connectivity index (χ1n) is 11.4. The van der Waals surface area contributed by atoms with Crippen molar-refractivity contribution in [1.29, 1.82) is 0 Å². The maximum atomic E-state index is 13.3. The van der Waals surface area contributed by atoms with Crippen LogP contribution in [0.2, 0.25) is 5.02 Å². The van der Waals surface area contributed by atoms with Crippen molar-refractivity contribution in [2.45, 2.75) is 33.7 Å². The van der Waals surface area contributed by atoms with Crippen molar-refractivity contribution in [3.63, 3.8) is 0 Å². The number of hydrogen-bond acceptors (Lipinski definition) is 5. The zero-order chi connectivity index (χ0) is 25.3. The number of ketones is 1. The summed E-state index contributed by atoms with van der Waals surface area (Å²) in [4.78, 5) is 32.4. The van der Waals surface area contributed by atoms with Gasteiger partial charge >= 0.3 is 0 Å². The average molecular weight is 491 g/mol. The first-order chi connectivity index (χ1) is 16.7. The summed E-state index contributed by atoms with van der Waals surface area (Å²) in [5, 5.41) is 11.8. The van der Waals surface area contributed by atoms with Crippen molar-refractivity contribution in [1.82, 2.24) is 4.98 Å². The maximum Gasteiger partial charge on any atom is 0.300 e. The number of amides is 1. The molecule has 2 aromatic carbocycles. The van der Waals surface area contributed by atoms with Crippen LogP contribution in [0.25, 0.3) is 5.76 Å². The minimum absolute atomic E-state index is 0.0247. The Morgan fingerprint density at radius 1 is 1.11 bits per heavy atom. The second-order valence-electron chi connectivity index (χ2n) is 8.99. The van der Waals surface area contributed by atoms with Crippen molar-refractivity contribution in [2.75, 3.05) is 11.5 Å². The Morgan fingerprint density at radius 2 is 1.89 bits per heavy atom. The number of carbonyl (C=O) groups excluding carboxylic acids is 2. The molecule has 1 aliphatic rings. The van der Waals surface area contributed by atoms with Crippen LogP contribution in [-0.4, -0.2) is 28.4 Å². The van der Waals surface area contributed by atoms with Gasteiger partial charge in [-0.2, -0.15) is 0 Å². The molecule has 35 heavy (non-hydrogen) atoms. The second-order valence-corrected chi connectivity index (χ2v) is 9.40. The standard InChI is InChI=1S/C28H27ClN2O4/c1-16(2)15-35-23-12-11-19(14-17(23)3)26(32)24-25(21-9-5-6-13-30-21)31(28(34)27(24)33)22-10-7-8-20(29)18(22)4/h5-14,16,25,32H,15H2,1-4H3/b26-24+. The van der Waals surface area contributed by atoms with Crippen molar-refractivity contribution in [2.24, 2.45) is 5.92 Å². The van der Waals surface area contributed by atoms with Crippen molar-refractivity contribution < 1.29 is 19.4 Å². The SMILES string of the molecule is Cc1cc(/C(O)=C2\C(=O)C(=O)N(c3cccc(Cl)c3C)C2c2ccccn2)ccc1OCC(C)C. The van der Waals surface area contributed by atoms with Gasteiger partial charge in [0.25, 0.3) is 11.7 Å². The van der Waals surface area contributed by atoms with E-state index in [0.717, 1.165) is 5.56 Å². The molecule has 2 heterocycles. The quantitative estimate of drug-likeness (QED) is 0.260. The molecule has 0 saturated carbocycles. The van der Waals surface area contributed by atoms with Crippen LogP contribution in [0.5, 0.6) is 5.75 Å². The lowest BCUT2D eigenvalue weighted by Crippen LogP contribution is -2.30. The lowest BCUT2D eigenvalue weighted by molar-refractivity contribution is -0.132. The van der Waals surface area contributed by atoms with Gasteiger partial charge in [-0.05, 0) is 73.4 Å². The van der Waals surface area contributed by atoms with Crippen molar-refractivity contribution in [3.8, 4) is 5.75 Å². The molecule has 1 saturated heterocycles. The predicted molar refractivity (Wildman–Crippen MR) is 137 cm³/mol. The fraction of sp³-hybridized carbons (Fsp3) is 0.250. The summed E-state index contributed by atoms with van der Waals surface area (Å²) in [6.07, 6.45) is 1.59. The Hall–Kier alpha value is -3.64. The van der Waals surface area contributed by atoms with Gasteiger partial charge in [0.15, 0.2) is 0 Å². The number of aliphatic hydroxyl groups is 1. The fourth-order valence-electron chi connectivity index (χ4n) is 4.13. The molecule has 1 N–H and O–H groups in total. The first kappa shape index (κ1) is 24.5. The van der Waals surface area contributed by atoms with E-state index in [4.69, 9.17) is 16.3 Å². The Kier molecular flexibility index (Phi) is 6.94. The van der Waals surface area contributed by atoms with E-state index in [9.17, 15) is 14.7 Å². The van der Waals surface area contributed by atoms with E-state index in [1.54, 1.807) is 67.7 Å². The van der Waals surface area contributed by atoms with Gasteiger partial charge in [-0.15, -0.1) is 0 Å². The van der Waals surface area contributed by atoms with Gasteiger partial charge in [0, 0.05) is 22.5 Å². The van der Waals surface area contributed by atoms with Crippen LogP contribution in [0.4, 0.5) is 5.69 Å². The van der Waals surface area contributed by atoms with Gasteiger partial charge in [0.05, 0.1) is 17.9 Å². The van der Waals surface area contributed by atoms with Crippen LogP contribution in [0, 0.1) is 19.8 Å². The minimum atomic E-state index is -0.912. The van der Waals surface area contributed by atoms with E-state index in [1.807, 2.05) is 6.92 Å². The number of nitrogens with zero attached hydrogens (tertiary/aromatic N) is 2. The van der Waals surface area contributed by atoms with Crippen LogP contribution in [0.15, 0.2) is 66.4 Å². The zero-order valence-corrected chi connectivity index (χ0v) is 20.8. The molecule has 1 atom stereocenters. The number of aromatic nitrogens is 1. The van der Waals surface area contributed by atoms with Gasteiger partial charge < -0.3 is 9.84 Å². The van der Waals surface area contributed by atoms with E-state index in [-0.39, 0.29) is 11.3 Å². The predicted octanol–water partition coefficient (Wildman–Crippen LogP) is 6.01. The maximum absolute atomic E-state index is 13.3. The number of rotatable bonds is 6. The molecule has 0 radical (unpaired) electrons. The number of pyridine rings is 1. The van der Waals surface area contributed by atoms with Crippen LogP contribution in [0.1, 0.15) is 42.3 Å². The first-order valence-corrected chi connectivity index (χ1v) is 11.8. The second kappa shape index (κ2) is 9.92. The summed E-state index contributed by atoms with van der Waals surface area (Å²) in [6, 6.07) is 14.7. The van der Waals surface area contributed by atoms with E-state index in [0.29, 0.717) is 45.8 Å². The molecule has 1 aliphatic heterocycles. The summed E-state index contributed by atoms with van der Waals surface area (Å²) in [5.41, 5.74) is 2.80.